The van der Waals surface area contributed by atoms with Crippen LogP contribution in [-0.4, -0.2) is 26.9 Å². The van der Waals surface area contributed by atoms with E-state index in [1.165, 1.54) is 0 Å². The predicted molar refractivity (Wildman–Crippen MR) is 133 cm³/mol. The predicted octanol–water partition coefficient (Wildman–Crippen LogP) is 5.57. The number of carbonyl (C=O) groups excluding carboxylic acids is 1. The molecule has 0 saturated carbocycles. The van der Waals surface area contributed by atoms with Crippen molar-refractivity contribution < 1.29 is 28.2 Å². The summed E-state index contributed by atoms with van der Waals surface area (Å²) in [5, 5.41) is 3.84. The van der Waals surface area contributed by atoms with Gasteiger partial charge >= 0.3 is 0 Å². The number of amides is 1. The van der Waals surface area contributed by atoms with Gasteiger partial charge in [0.25, 0.3) is 0 Å². The molecule has 7 heteroatoms. The standard InChI is InChI=1S/C28H25NO6/c1-17(9-28(30)29-14-18-7-8-24-27(10-18)35-16-34-24)21-12-22-23(15-33-26(22)13-25(21)32-3)19-5-4-6-20(11-19)31-2/h4-13,15H,14,16H2,1-3H3,(H,29,30)/b17-9+. The van der Waals surface area contributed by atoms with Gasteiger partial charge in [0.2, 0.25) is 12.7 Å². The highest BCUT2D eigenvalue weighted by molar-refractivity contribution is 6.00. The lowest BCUT2D eigenvalue weighted by Crippen LogP contribution is -2.20. The Morgan fingerprint density at radius 2 is 1.89 bits per heavy atom. The molecular formula is C28H25NO6. The Morgan fingerprint density at radius 1 is 1.03 bits per heavy atom. The molecule has 7 nitrogen and oxygen atoms in total. The van der Waals surface area contributed by atoms with Crippen molar-refractivity contribution in [3.8, 4) is 34.1 Å². The number of hydrogen-bond acceptors (Lipinski definition) is 6. The first-order valence-corrected chi connectivity index (χ1v) is 11.1. The van der Waals surface area contributed by atoms with Gasteiger partial charge in [-0.25, -0.2) is 0 Å². The maximum absolute atomic E-state index is 12.7. The highest BCUT2D eigenvalue weighted by atomic mass is 16.7. The van der Waals surface area contributed by atoms with E-state index in [1.807, 2.05) is 61.5 Å². The zero-order valence-corrected chi connectivity index (χ0v) is 19.7. The second-order valence-electron chi connectivity index (χ2n) is 8.16. The van der Waals surface area contributed by atoms with E-state index in [1.54, 1.807) is 26.6 Å². The van der Waals surface area contributed by atoms with E-state index >= 15 is 0 Å². The first kappa shape index (κ1) is 22.4. The van der Waals surface area contributed by atoms with E-state index in [9.17, 15) is 4.79 Å². The fourth-order valence-corrected chi connectivity index (χ4v) is 4.11. The minimum Gasteiger partial charge on any atom is -0.497 e. The van der Waals surface area contributed by atoms with Crippen molar-refractivity contribution in [2.45, 2.75) is 13.5 Å². The van der Waals surface area contributed by atoms with E-state index in [0.717, 1.165) is 39.0 Å². The molecule has 1 amide bonds. The molecular weight excluding hydrogens is 446 g/mol. The van der Waals surface area contributed by atoms with Gasteiger partial charge in [0.05, 0.1) is 20.5 Å². The number of benzene rings is 3. The molecule has 0 atom stereocenters. The third-order valence-corrected chi connectivity index (χ3v) is 5.95. The minimum atomic E-state index is -0.206. The summed E-state index contributed by atoms with van der Waals surface area (Å²) in [6.07, 6.45) is 3.29. The lowest BCUT2D eigenvalue weighted by molar-refractivity contribution is -0.116. The molecule has 1 aliphatic heterocycles. The highest BCUT2D eigenvalue weighted by Crippen LogP contribution is 2.38. The van der Waals surface area contributed by atoms with Crippen LogP contribution in [0, 0.1) is 0 Å². The summed E-state index contributed by atoms with van der Waals surface area (Å²) in [6.45, 7) is 2.47. The molecule has 178 valence electrons. The summed E-state index contributed by atoms with van der Waals surface area (Å²) in [7, 11) is 3.24. The van der Waals surface area contributed by atoms with Gasteiger partial charge in [0.1, 0.15) is 17.1 Å². The quantitative estimate of drug-likeness (QED) is 0.355. The van der Waals surface area contributed by atoms with E-state index in [2.05, 4.69) is 5.32 Å². The third-order valence-electron chi connectivity index (χ3n) is 5.95. The molecule has 0 bridgehead atoms. The normalized spacial score (nSPS) is 12.6. The lowest BCUT2D eigenvalue weighted by Gasteiger charge is -2.11. The first-order valence-electron chi connectivity index (χ1n) is 11.1. The fourth-order valence-electron chi connectivity index (χ4n) is 4.11. The fraction of sp³-hybridized carbons (Fsp3) is 0.179. The molecule has 1 aliphatic rings. The zero-order chi connectivity index (χ0) is 24.4. The van der Waals surface area contributed by atoms with Gasteiger partial charge in [-0.15, -0.1) is 0 Å². The van der Waals surface area contributed by atoms with Gasteiger partial charge in [0.15, 0.2) is 11.5 Å². The third kappa shape index (κ3) is 4.53. The summed E-state index contributed by atoms with van der Waals surface area (Å²) in [5.41, 5.74) is 5.11. The SMILES string of the molecule is COc1cccc(-c2coc3cc(OC)c(/C(C)=C/C(=O)NCc4ccc5c(c4)OCO5)cc23)c1. The first-order chi connectivity index (χ1) is 17.1. The van der Waals surface area contributed by atoms with Gasteiger partial charge in [-0.1, -0.05) is 18.2 Å². The molecule has 0 spiro atoms. The zero-order valence-electron chi connectivity index (χ0n) is 19.7. The summed E-state index contributed by atoms with van der Waals surface area (Å²) in [6, 6.07) is 17.2. The largest absolute Gasteiger partial charge is 0.497 e. The molecule has 4 aromatic rings. The van der Waals surface area contributed by atoms with Crippen molar-refractivity contribution in [3.05, 3.63) is 78.1 Å². The van der Waals surface area contributed by atoms with E-state index in [4.69, 9.17) is 23.4 Å². The van der Waals surface area contributed by atoms with Crippen LogP contribution >= 0.6 is 0 Å². The Bertz CT molecular complexity index is 1430. The summed E-state index contributed by atoms with van der Waals surface area (Å²) < 4.78 is 27.5. The van der Waals surface area contributed by atoms with Crippen LogP contribution in [0.4, 0.5) is 0 Å². The smallest absolute Gasteiger partial charge is 0.244 e. The highest BCUT2D eigenvalue weighted by Gasteiger charge is 2.16. The van der Waals surface area contributed by atoms with Crippen LogP contribution in [0.25, 0.3) is 27.7 Å². The molecule has 0 fully saturated rings. The number of carbonyl (C=O) groups is 1. The lowest BCUT2D eigenvalue weighted by atomic mass is 9.99. The number of methoxy groups -OCH3 is 2. The van der Waals surface area contributed by atoms with Crippen LogP contribution in [0.5, 0.6) is 23.0 Å². The van der Waals surface area contributed by atoms with Crippen LogP contribution in [0.3, 0.4) is 0 Å². The Morgan fingerprint density at radius 3 is 2.71 bits per heavy atom. The van der Waals surface area contributed by atoms with Crippen LogP contribution in [0.1, 0.15) is 18.1 Å². The number of nitrogens with one attached hydrogen (secondary N) is 1. The molecule has 0 saturated heterocycles. The number of furan rings is 1. The number of fused-ring (bicyclic) bond motifs is 2. The molecule has 0 radical (unpaired) electrons. The molecule has 1 N–H and O–H groups in total. The maximum atomic E-state index is 12.7. The van der Waals surface area contributed by atoms with Gasteiger partial charge in [-0.3, -0.25) is 4.79 Å². The van der Waals surface area contributed by atoms with Crippen molar-refractivity contribution in [1.29, 1.82) is 0 Å². The van der Waals surface area contributed by atoms with Gasteiger partial charge < -0.3 is 28.7 Å². The topological polar surface area (TPSA) is 79.2 Å². The minimum absolute atomic E-state index is 0.206. The van der Waals surface area contributed by atoms with Crippen molar-refractivity contribution >= 4 is 22.4 Å². The van der Waals surface area contributed by atoms with Crippen LogP contribution in [0.2, 0.25) is 0 Å². The number of ether oxygens (including phenoxy) is 4. The monoisotopic (exact) mass is 471 g/mol. The van der Waals surface area contributed by atoms with Gasteiger partial charge in [-0.05, 0) is 54.0 Å². The number of allylic oxidation sites excluding steroid dienone is 1. The molecule has 0 unspecified atom stereocenters. The Kier molecular flexibility index (Phi) is 6.06. The van der Waals surface area contributed by atoms with E-state index in [-0.39, 0.29) is 12.7 Å². The molecule has 3 aromatic carbocycles. The van der Waals surface area contributed by atoms with Crippen LogP contribution < -0.4 is 24.3 Å². The van der Waals surface area contributed by atoms with Crippen LogP contribution in [0.15, 0.2) is 71.4 Å². The van der Waals surface area contributed by atoms with Crippen molar-refractivity contribution in [2.24, 2.45) is 0 Å². The molecule has 5 rings (SSSR count). The second kappa shape index (κ2) is 9.46. The molecule has 35 heavy (non-hydrogen) atoms. The molecule has 0 aliphatic carbocycles. The van der Waals surface area contributed by atoms with Crippen molar-refractivity contribution in [3.63, 3.8) is 0 Å². The molecule has 1 aromatic heterocycles. The van der Waals surface area contributed by atoms with Crippen LogP contribution in [-0.2, 0) is 11.3 Å². The summed E-state index contributed by atoms with van der Waals surface area (Å²) in [5.74, 6) is 2.59. The average molecular weight is 472 g/mol. The van der Waals surface area contributed by atoms with Crippen molar-refractivity contribution in [1.82, 2.24) is 5.32 Å². The average Bonchev–Trinajstić information content (AvgIpc) is 3.52. The Hall–Kier alpha value is -4.39. The van der Waals surface area contributed by atoms with E-state index < -0.39 is 0 Å². The Balaban J connectivity index is 1.40. The van der Waals surface area contributed by atoms with E-state index in [0.29, 0.717) is 29.4 Å². The second-order valence-corrected chi connectivity index (χ2v) is 8.16. The Labute approximate surface area is 202 Å². The molecule has 2 heterocycles. The van der Waals surface area contributed by atoms with Gasteiger partial charge in [0, 0.05) is 35.2 Å². The number of hydrogen-bond donors (Lipinski definition) is 1. The summed E-state index contributed by atoms with van der Waals surface area (Å²) >= 11 is 0. The van der Waals surface area contributed by atoms with Crippen molar-refractivity contribution in [2.75, 3.05) is 21.0 Å². The summed E-state index contributed by atoms with van der Waals surface area (Å²) in [4.78, 5) is 12.7. The number of rotatable bonds is 7. The maximum Gasteiger partial charge on any atom is 0.244 e. The van der Waals surface area contributed by atoms with Gasteiger partial charge in [-0.2, -0.15) is 0 Å².